The Kier molecular flexibility index (Phi) is 3.87. The highest BCUT2D eigenvalue weighted by atomic mass is 16.1. The lowest BCUT2D eigenvalue weighted by Gasteiger charge is -2.13. The highest BCUT2D eigenvalue weighted by molar-refractivity contribution is 6.04. The summed E-state index contributed by atoms with van der Waals surface area (Å²) in [6, 6.07) is 15.7. The van der Waals surface area contributed by atoms with E-state index in [0.717, 1.165) is 24.1 Å². The molecule has 0 aromatic heterocycles. The van der Waals surface area contributed by atoms with Crippen molar-refractivity contribution in [2.24, 2.45) is 0 Å². The van der Waals surface area contributed by atoms with Gasteiger partial charge in [-0.15, -0.1) is 0 Å². The normalized spacial score (nSPS) is 16.9. The van der Waals surface area contributed by atoms with Crippen LogP contribution in [0.25, 0.3) is 0 Å². The van der Waals surface area contributed by atoms with E-state index in [1.54, 1.807) is 0 Å². The zero-order valence-corrected chi connectivity index (χ0v) is 12.2. The molecule has 1 atom stereocenters. The lowest BCUT2D eigenvalue weighted by Crippen LogP contribution is -2.13. The summed E-state index contributed by atoms with van der Waals surface area (Å²) in [5, 5.41) is 3.03. The molecule has 0 saturated heterocycles. The van der Waals surface area contributed by atoms with E-state index in [1.807, 2.05) is 37.3 Å². The third kappa shape index (κ3) is 3.05. The Labute approximate surface area is 125 Å². The maximum atomic E-state index is 12.3. The van der Waals surface area contributed by atoms with Gasteiger partial charge in [0, 0.05) is 17.2 Å². The molecule has 2 heteroatoms. The van der Waals surface area contributed by atoms with Crippen molar-refractivity contribution in [2.75, 3.05) is 5.32 Å². The van der Waals surface area contributed by atoms with Crippen molar-refractivity contribution in [2.45, 2.75) is 25.7 Å². The third-order valence-corrected chi connectivity index (χ3v) is 3.99. The number of aryl methyl sites for hydroxylation is 1. The Hall–Kier alpha value is -2.35. The maximum absolute atomic E-state index is 12.3. The van der Waals surface area contributed by atoms with Crippen LogP contribution in [0.5, 0.6) is 0 Å². The van der Waals surface area contributed by atoms with Gasteiger partial charge in [0.2, 0.25) is 0 Å². The lowest BCUT2D eigenvalue weighted by molar-refractivity contribution is 0.102. The first-order chi connectivity index (χ1) is 10.2. The van der Waals surface area contributed by atoms with Gasteiger partial charge in [0.1, 0.15) is 0 Å². The van der Waals surface area contributed by atoms with Crippen LogP contribution in [0.1, 0.15) is 40.2 Å². The minimum absolute atomic E-state index is 0.0576. The molecule has 2 aromatic rings. The van der Waals surface area contributed by atoms with Crippen LogP contribution < -0.4 is 5.32 Å². The minimum Gasteiger partial charge on any atom is -0.322 e. The van der Waals surface area contributed by atoms with Crippen LogP contribution in [0.15, 0.2) is 60.7 Å². The van der Waals surface area contributed by atoms with E-state index in [-0.39, 0.29) is 5.91 Å². The molecular weight excluding hydrogens is 258 g/mol. The Bertz CT molecular complexity index is 673. The molecule has 1 aliphatic carbocycles. The first kappa shape index (κ1) is 13.6. The van der Waals surface area contributed by atoms with Crippen LogP contribution in [-0.2, 0) is 0 Å². The minimum atomic E-state index is -0.0576. The number of amides is 1. The molecule has 0 heterocycles. The molecule has 0 bridgehead atoms. The molecule has 1 aliphatic rings. The highest BCUT2D eigenvalue weighted by Crippen LogP contribution is 2.31. The molecule has 2 aromatic carbocycles. The molecule has 0 radical (unpaired) electrons. The van der Waals surface area contributed by atoms with E-state index in [4.69, 9.17) is 0 Å². The zero-order valence-electron chi connectivity index (χ0n) is 12.2. The van der Waals surface area contributed by atoms with Crippen molar-refractivity contribution in [3.63, 3.8) is 0 Å². The average molecular weight is 277 g/mol. The van der Waals surface area contributed by atoms with Crippen molar-refractivity contribution in [1.29, 1.82) is 0 Å². The molecule has 0 spiro atoms. The fourth-order valence-corrected chi connectivity index (χ4v) is 2.70. The van der Waals surface area contributed by atoms with Crippen molar-refractivity contribution in [3.8, 4) is 0 Å². The second kappa shape index (κ2) is 5.96. The average Bonchev–Trinajstić information content (AvgIpc) is 3.04. The third-order valence-electron chi connectivity index (χ3n) is 3.99. The van der Waals surface area contributed by atoms with E-state index in [2.05, 4.69) is 35.7 Å². The standard InChI is InChI=1S/C19H19NO/c1-14-11-12-17(15-7-5-6-8-15)13-18(14)20-19(21)16-9-3-2-4-10-16/h2-5,7,9-13,15H,6,8H2,1H3,(H,20,21). The van der Waals surface area contributed by atoms with Crippen molar-refractivity contribution >= 4 is 11.6 Å². The zero-order chi connectivity index (χ0) is 14.7. The van der Waals surface area contributed by atoms with Crippen molar-refractivity contribution in [3.05, 3.63) is 77.4 Å². The van der Waals surface area contributed by atoms with Crippen LogP contribution in [-0.4, -0.2) is 5.91 Å². The van der Waals surface area contributed by atoms with Crippen molar-refractivity contribution in [1.82, 2.24) is 0 Å². The first-order valence-electron chi connectivity index (χ1n) is 7.37. The number of benzene rings is 2. The quantitative estimate of drug-likeness (QED) is 0.811. The van der Waals surface area contributed by atoms with Crippen LogP contribution in [0.3, 0.4) is 0 Å². The Morgan fingerprint density at radius 1 is 1.14 bits per heavy atom. The number of hydrogen-bond acceptors (Lipinski definition) is 1. The Morgan fingerprint density at radius 3 is 2.67 bits per heavy atom. The van der Waals surface area contributed by atoms with Gasteiger partial charge < -0.3 is 5.32 Å². The largest absolute Gasteiger partial charge is 0.322 e. The van der Waals surface area contributed by atoms with Crippen LogP contribution in [0.2, 0.25) is 0 Å². The highest BCUT2D eigenvalue weighted by Gasteiger charge is 2.14. The number of allylic oxidation sites excluding steroid dienone is 2. The van der Waals surface area contributed by atoms with Crippen LogP contribution in [0.4, 0.5) is 5.69 Å². The fourth-order valence-electron chi connectivity index (χ4n) is 2.70. The number of anilines is 1. The molecule has 1 unspecified atom stereocenters. The molecule has 1 N–H and O–H groups in total. The van der Waals surface area contributed by atoms with Gasteiger partial charge in [0.25, 0.3) is 5.91 Å². The fraction of sp³-hybridized carbons (Fsp3) is 0.211. The topological polar surface area (TPSA) is 29.1 Å². The molecule has 0 aliphatic heterocycles. The molecular formula is C19H19NO. The molecule has 0 fully saturated rings. The second-order valence-electron chi connectivity index (χ2n) is 5.51. The summed E-state index contributed by atoms with van der Waals surface area (Å²) in [6.07, 6.45) is 6.79. The maximum Gasteiger partial charge on any atom is 0.255 e. The molecule has 0 saturated carbocycles. The predicted molar refractivity (Wildman–Crippen MR) is 86.7 cm³/mol. The first-order valence-corrected chi connectivity index (χ1v) is 7.37. The number of carbonyl (C=O) groups is 1. The van der Waals surface area contributed by atoms with E-state index < -0.39 is 0 Å². The van der Waals surface area contributed by atoms with Gasteiger partial charge in [-0.05, 0) is 49.1 Å². The van der Waals surface area contributed by atoms with Gasteiger partial charge >= 0.3 is 0 Å². The van der Waals surface area contributed by atoms with Gasteiger partial charge in [-0.25, -0.2) is 0 Å². The smallest absolute Gasteiger partial charge is 0.255 e. The summed E-state index contributed by atoms with van der Waals surface area (Å²) in [5.41, 5.74) is 3.95. The van der Waals surface area contributed by atoms with Gasteiger partial charge in [-0.1, -0.05) is 42.5 Å². The van der Waals surface area contributed by atoms with E-state index >= 15 is 0 Å². The van der Waals surface area contributed by atoms with E-state index in [9.17, 15) is 4.79 Å². The number of rotatable bonds is 3. The van der Waals surface area contributed by atoms with Crippen molar-refractivity contribution < 1.29 is 4.79 Å². The SMILES string of the molecule is Cc1ccc(C2C=CCC2)cc1NC(=O)c1ccccc1. The van der Waals surface area contributed by atoms with Crippen LogP contribution in [0, 0.1) is 6.92 Å². The van der Waals surface area contributed by atoms with Crippen LogP contribution >= 0.6 is 0 Å². The predicted octanol–water partition coefficient (Wildman–Crippen LogP) is 4.68. The summed E-state index contributed by atoms with van der Waals surface area (Å²) in [5.74, 6) is 0.427. The lowest BCUT2D eigenvalue weighted by atomic mass is 9.96. The number of nitrogens with one attached hydrogen (secondary N) is 1. The van der Waals surface area contributed by atoms with E-state index in [1.165, 1.54) is 5.56 Å². The molecule has 3 rings (SSSR count). The summed E-state index contributed by atoms with van der Waals surface area (Å²) in [6.45, 7) is 2.02. The van der Waals surface area contributed by atoms with Gasteiger partial charge in [0.15, 0.2) is 0 Å². The Morgan fingerprint density at radius 2 is 1.95 bits per heavy atom. The van der Waals surface area contributed by atoms with Gasteiger partial charge in [-0.3, -0.25) is 4.79 Å². The monoisotopic (exact) mass is 277 g/mol. The second-order valence-corrected chi connectivity index (χ2v) is 5.51. The number of hydrogen-bond donors (Lipinski definition) is 1. The van der Waals surface area contributed by atoms with Gasteiger partial charge in [0.05, 0.1) is 0 Å². The molecule has 2 nitrogen and oxygen atoms in total. The van der Waals surface area contributed by atoms with E-state index in [0.29, 0.717) is 11.5 Å². The molecule has 21 heavy (non-hydrogen) atoms. The number of carbonyl (C=O) groups excluding carboxylic acids is 1. The summed E-state index contributed by atoms with van der Waals surface area (Å²) >= 11 is 0. The molecule has 1 amide bonds. The summed E-state index contributed by atoms with van der Waals surface area (Å²) in [7, 11) is 0. The Balaban J connectivity index is 1.83. The summed E-state index contributed by atoms with van der Waals surface area (Å²) in [4.78, 5) is 12.3. The molecule has 106 valence electrons. The van der Waals surface area contributed by atoms with Gasteiger partial charge in [-0.2, -0.15) is 0 Å². The summed E-state index contributed by atoms with van der Waals surface area (Å²) < 4.78 is 0.